The number of hydrogen-bond acceptors (Lipinski definition) is 3. The number of aromatic nitrogens is 1. The highest BCUT2D eigenvalue weighted by Crippen LogP contribution is 2.26. The van der Waals surface area contributed by atoms with Gasteiger partial charge in [0.1, 0.15) is 5.82 Å². The van der Waals surface area contributed by atoms with E-state index in [0.29, 0.717) is 0 Å². The summed E-state index contributed by atoms with van der Waals surface area (Å²) in [7, 11) is 2.19. The van der Waals surface area contributed by atoms with Crippen LogP contribution >= 0.6 is 0 Å². The van der Waals surface area contributed by atoms with E-state index in [4.69, 9.17) is 0 Å². The first kappa shape index (κ1) is 15.3. The van der Waals surface area contributed by atoms with Gasteiger partial charge in [0.15, 0.2) is 0 Å². The minimum absolute atomic E-state index is 0.854. The van der Waals surface area contributed by atoms with E-state index in [9.17, 15) is 0 Å². The molecule has 3 heteroatoms. The minimum Gasteiger partial charge on any atom is -0.359 e. The zero-order chi connectivity index (χ0) is 14.2. The van der Waals surface area contributed by atoms with E-state index < -0.39 is 0 Å². The Bertz CT molecular complexity index is 386. The highest BCUT2D eigenvalue weighted by molar-refractivity contribution is 5.45. The van der Waals surface area contributed by atoms with Crippen molar-refractivity contribution in [3.63, 3.8) is 0 Å². The molecule has 1 heterocycles. The Labute approximate surface area is 123 Å². The third kappa shape index (κ3) is 4.48. The van der Waals surface area contributed by atoms with E-state index in [0.717, 1.165) is 31.4 Å². The zero-order valence-corrected chi connectivity index (χ0v) is 13.1. The molecule has 20 heavy (non-hydrogen) atoms. The molecule has 112 valence electrons. The van der Waals surface area contributed by atoms with Crippen molar-refractivity contribution in [1.29, 1.82) is 0 Å². The molecular formula is C17H29N3. The molecule has 1 aromatic heterocycles. The van der Waals surface area contributed by atoms with Crippen LogP contribution in [0.15, 0.2) is 18.3 Å². The Morgan fingerprint density at radius 2 is 2.10 bits per heavy atom. The van der Waals surface area contributed by atoms with Crippen LogP contribution in [0.2, 0.25) is 0 Å². The van der Waals surface area contributed by atoms with Crippen LogP contribution in [0.1, 0.15) is 51.0 Å². The molecule has 1 saturated carbocycles. The van der Waals surface area contributed by atoms with Gasteiger partial charge in [0.25, 0.3) is 0 Å². The smallest absolute Gasteiger partial charge is 0.132 e. The summed E-state index contributed by atoms with van der Waals surface area (Å²) < 4.78 is 0. The average Bonchev–Trinajstić information content (AvgIpc) is 2.49. The van der Waals surface area contributed by atoms with Crippen LogP contribution in [0.4, 0.5) is 5.82 Å². The van der Waals surface area contributed by atoms with E-state index >= 15 is 0 Å². The van der Waals surface area contributed by atoms with Gasteiger partial charge in [-0.3, -0.25) is 0 Å². The van der Waals surface area contributed by atoms with Crippen molar-refractivity contribution in [2.45, 2.75) is 52.0 Å². The highest BCUT2D eigenvalue weighted by Gasteiger charge is 2.17. The van der Waals surface area contributed by atoms with Gasteiger partial charge in [-0.2, -0.15) is 0 Å². The molecule has 0 aromatic carbocycles. The lowest BCUT2D eigenvalue weighted by Crippen LogP contribution is -2.29. The maximum absolute atomic E-state index is 4.61. The number of anilines is 1. The van der Waals surface area contributed by atoms with E-state index in [1.54, 1.807) is 0 Å². The number of nitrogens with one attached hydrogen (secondary N) is 1. The summed E-state index contributed by atoms with van der Waals surface area (Å²) in [4.78, 5) is 6.97. The molecule has 0 atom stereocenters. The summed E-state index contributed by atoms with van der Waals surface area (Å²) in [5, 5.41) is 3.48. The molecule has 1 fully saturated rings. The second-order valence-electron chi connectivity index (χ2n) is 6.05. The minimum atomic E-state index is 0.854. The van der Waals surface area contributed by atoms with Crippen LogP contribution < -0.4 is 10.2 Å². The van der Waals surface area contributed by atoms with Gasteiger partial charge in [0, 0.05) is 31.9 Å². The molecule has 1 aromatic rings. The lowest BCUT2D eigenvalue weighted by atomic mass is 9.89. The van der Waals surface area contributed by atoms with Crippen molar-refractivity contribution in [2.75, 3.05) is 25.0 Å². The van der Waals surface area contributed by atoms with Crippen LogP contribution in [-0.2, 0) is 6.54 Å². The third-order valence-corrected chi connectivity index (χ3v) is 4.23. The predicted molar refractivity (Wildman–Crippen MR) is 86.1 cm³/mol. The highest BCUT2D eigenvalue weighted by atomic mass is 15.2. The summed E-state index contributed by atoms with van der Waals surface area (Å²) in [5.41, 5.74) is 1.32. The maximum atomic E-state index is 4.61. The fraction of sp³-hybridized carbons (Fsp3) is 0.706. The van der Waals surface area contributed by atoms with Gasteiger partial charge in [0.05, 0.1) is 0 Å². The maximum Gasteiger partial charge on any atom is 0.132 e. The van der Waals surface area contributed by atoms with Crippen molar-refractivity contribution in [2.24, 2.45) is 5.92 Å². The van der Waals surface area contributed by atoms with E-state index in [1.165, 1.54) is 44.1 Å². The normalized spacial score (nSPS) is 16.3. The summed E-state index contributed by atoms with van der Waals surface area (Å²) in [6.45, 7) is 5.34. The lowest BCUT2D eigenvalue weighted by Gasteiger charge is -2.28. The molecular weight excluding hydrogens is 246 g/mol. The van der Waals surface area contributed by atoms with Gasteiger partial charge in [-0.25, -0.2) is 4.98 Å². The molecule has 0 bridgehead atoms. The van der Waals surface area contributed by atoms with Crippen LogP contribution in [0.3, 0.4) is 0 Å². The summed E-state index contributed by atoms with van der Waals surface area (Å²) in [6, 6.07) is 4.24. The van der Waals surface area contributed by atoms with E-state index in [-0.39, 0.29) is 0 Å². The van der Waals surface area contributed by atoms with E-state index in [2.05, 4.69) is 35.2 Å². The molecule has 1 N–H and O–H groups in total. The topological polar surface area (TPSA) is 28.2 Å². The fourth-order valence-corrected chi connectivity index (χ4v) is 3.16. The molecule has 1 aliphatic rings. The van der Waals surface area contributed by atoms with Gasteiger partial charge in [-0.15, -0.1) is 0 Å². The summed E-state index contributed by atoms with van der Waals surface area (Å²) in [5.74, 6) is 2.01. The largest absolute Gasteiger partial charge is 0.359 e. The predicted octanol–water partition coefficient (Wildman–Crippen LogP) is 3.60. The number of nitrogens with zero attached hydrogens (tertiary/aromatic N) is 2. The Morgan fingerprint density at radius 3 is 2.85 bits per heavy atom. The molecule has 2 rings (SSSR count). The quantitative estimate of drug-likeness (QED) is 0.771. The molecule has 0 amide bonds. The first-order valence-corrected chi connectivity index (χ1v) is 8.17. The first-order chi connectivity index (χ1) is 9.81. The number of pyridine rings is 1. The molecule has 0 spiro atoms. The molecule has 0 unspecified atom stereocenters. The molecule has 0 radical (unpaired) electrons. The standard InChI is InChI=1S/C17H29N3/c1-3-11-18-13-16-10-7-12-19-17(16)20(2)14-15-8-5-4-6-9-15/h7,10,12,15,18H,3-6,8-9,11,13-14H2,1-2H3. The molecule has 1 aliphatic carbocycles. The SMILES string of the molecule is CCCNCc1cccnc1N(C)CC1CCCCC1. The van der Waals surface area contributed by atoms with Crippen LogP contribution in [0.25, 0.3) is 0 Å². The second-order valence-corrected chi connectivity index (χ2v) is 6.05. The first-order valence-electron chi connectivity index (χ1n) is 8.17. The van der Waals surface area contributed by atoms with E-state index in [1.807, 2.05) is 12.3 Å². The van der Waals surface area contributed by atoms with Gasteiger partial charge in [-0.05, 0) is 37.8 Å². The number of hydrogen-bond donors (Lipinski definition) is 1. The molecule has 0 saturated heterocycles. The van der Waals surface area contributed by atoms with Gasteiger partial charge >= 0.3 is 0 Å². The van der Waals surface area contributed by atoms with Gasteiger partial charge in [0.2, 0.25) is 0 Å². The Morgan fingerprint density at radius 1 is 1.30 bits per heavy atom. The Balaban J connectivity index is 1.95. The van der Waals surface area contributed by atoms with Gasteiger partial charge in [-0.1, -0.05) is 32.3 Å². The van der Waals surface area contributed by atoms with Crippen LogP contribution in [0.5, 0.6) is 0 Å². The lowest BCUT2D eigenvalue weighted by molar-refractivity contribution is 0.361. The second kappa shape index (κ2) is 8.25. The zero-order valence-electron chi connectivity index (χ0n) is 13.1. The average molecular weight is 275 g/mol. The summed E-state index contributed by atoms with van der Waals surface area (Å²) in [6.07, 6.45) is 10.1. The molecule has 0 aliphatic heterocycles. The molecule has 3 nitrogen and oxygen atoms in total. The fourth-order valence-electron chi connectivity index (χ4n) is 3.16. The Kier molecular flexibility index (Phi) is 6.31. The third-order valence-electron chi connectivity index (χ3n) is 4.23. The van der Waals surface area contributed by atoms with Crippen molar-refractivity contribution in [3.8, 4) is 0 Å². The van der Waals surface area contributed by atoms with Gasteiger partial charge < -0.3 is 10.2 Å². The summed E-state index contributed by atoms with van der Waals surface area (Å²) >= 11 is 0. The Hall–Kier alpha value is -1.09. The van der Waals surface area contributed by atoms with Crippen molar-refractivity contribution < 1.29 is 0 Å². The van der Waals surface area contributed by atoms with Crippen LogP contribution in [0, 0.1) is 5.92 Å². The van der Waals surface area contributed by atoms with Crippen molar-refractivity contribution in [3.05, 3.63) is 23.9 Å². The van der Waals surface area contributed by atoms with Crippen molar-refractivity contribution in [1.82, 2.24) is 10.3 Å². The number of rotatable bonds is 7. The van der Waals surface area contributed by atoms with Crippen molar-refractivity contribution >= 4 is 5.82 Å². The monoisotopic (exact) mass is 275 g/mol. The van der Waals surface area contributed by atoms with Crippen LogP contribution in [-0.4, -0.2) is 25.1 Å².